The van der Waals surface area contributed by atoms with Gasteiger partial charge in [0.05, 0.1) is 25.6 Å². The second-order valence-corrected chi connectivity index (χ2v) is 6.37. The molecule has 1 aliphatic heterocycles. The Hall–Kier alpha value is -2.15. The van der Waals surface area contributed by atoms with E-state index in [9.17, 15) is 4.79 Å². The maximum absolute atomic E-state index is 12.3. The van der Waals surface area contributed by atoms with E-state index in [1.807, 2.05) is 36.4 Å². The number of amides is 1. The standard InChI is InChI=1S/C20H25NO5/c1-15(26-14-19-8-4-10-25-19)20(22)21-17-6-2-5-16(11-17)12-23-13-18-7-3-9-24-18/h2-3,5-7,9,11,15,19H,4,8,10,12-14H2,1H3,(H,21,22). The van der Waals surface area contributed by atoms with E-state index in [2.05, 4.69) is 5.32 Å². The number of rotatable bonds is 9. The molecule has 0 bridgehead atoms. The third kappa shape index (κ3) is 5.69. The number of benzene rings is 1. The summed E-state index contributed by atoms with van der Waals surface area (Å²) in [6.07, 6.45) is 3.26. The second-order valence-electron chi connectivity index (χ2n) is 6.37. The van der Waals surface area contributed by atoms with Crippen LogP contribution in [0.4, 0.5) is 5.69 Å². The van der Waals surface area contributed by atoms with E-state index in [4.69, 9.17) is 18.6 Å². The zero-order valence-corrected chi connectivity index (χ0v) is 15.0. The Morgan fingerprint density at radius 3 is 3.00 bits per heavy atom. The predicted octanol–water partition coefficient (Wildman–Crippen LogP) is 3.52. The largest absolute Gasteiger partial charge is 0.467 e. The minimum absolute atomic E-state index is 0.111. The summed E-state index contributed by atoms with van der Waals surface area (Å²) in [5, 5.41) is 2.88. The molecule has 0 saturated carbocycles. The van der Waals surface area contributed by atoms with Crippen LogP contribution in [0.2, 0.25) is 0 Å². The normalized spacial score (nSPS) is 18.0. The van der Waals surface area contributed by atoms with Crippen LogP contribution in [-0.4, -0.2) is 31.3 Å². The van der Waals surface area contributed by atoms with Gasteiger partial charge in [0.2, 0.25) is 0 Å². The summed E-state index contributed by atoms with van der Waals surface area (Å²) in [6, 6.07) is 11.3. The molecule has 1 saturated heterocycles. The fourth-order valence-corrected chi connectivity index (χ4v) is 2.75. The first kappa shape index (κ1) is 18.6. The molecular formula is C20H25NO5. The topological polar surface area (TPSA) is 69.9 Å². The molecule has 2 aromatic rings. The molecule has 1 aliphatic rings. The average molecular weight is 359 g/mol. The highest BCUT2D eigenvalue weighted by Crippen LogP contribution is 2.15. The third-order valence-corrected chi connectivity index (χ3v) is 4.21. The van der Waals surface area contributed by atoms with Gasteiger partial charge in [0.1, 0.15) is 18.5 Å². The molecule has 1 aromatic carbocycles. The van der Waals surface area contributed by atoms with E-state index >= 15 is 0 Å². The fraction of sp³-hybridized carbons (Fsp3) is 0.450. The molecule has 1 amide bonds. The monoisotopic (exact) mass is 359 g/mol. The molecule has 1 fully saturated rings. The summed E-state index contributed by atoms with van der Waals surface area (Å²) in [5.41, 5.74) is 1.70. The molecule has 1 aromatic heterocycles. The van der Waals surface area contributed by atoms with Crippen molar-refractivity contribution < 1.29 is 23.4 Å². The van der Waals surface area contributed by atoms with E-state index in [1.165, 1.54) is 0 Å². The number of furan rings is 1. The van der Waals surface area contributed by atoms with Crippen molar-refractivity contribution in [2.24, 2.45) is 0 Å². The Bertz CT molecular complexity index is 679. The summed E-state index contributed by atoms with van der Waals surface area (Å²) in [5.74, 6) is 0.614. The van der Waals surface area contributed by atoms with Crippen LogP contribution < -0.4 is 5.32 Å². The highest BCUT2D eigenvalue weighted by Gasteiger charge is 2.20. The Kier molecular flexibility index (Phi) is 6.82. The number of anilines is 1. The quantitative estimate of drug-likeness (QED) is 0.742. The van der Waals surface area contributed by atoms with Crippen molar-refractivity contribution in [2.45, 2.75) is 45.2 Å². The second kappa shape index (κ2) is 9.52. The van der Waals surface area contributed by atoms with Gasteiger partial charge in [-0.3, -0.25) is 4.79 Å². The lowest BCUT2D eigenvalue weighted by Gasteiger charge is -2.16. The van der Waals surface area contributed by atoms with E-state index in [0.717, 1.165) is 36.5 Å². The molecule has 140 valence electrons. The van der Waals surface area contributed by atoms with Crippen molar-refractivity contribution >= 4 is 11.6 Å². The first-order chi connectivity index (χ1) is 12.7. The predicted molar refractivity (Wildman–Crippen MR) is 96.7 cm³/mol. The zero-order chi connectivity index (χ0) is 18.2. The van der Waals surface area contributed by atoms with Gasteiger partial charge in [-0.2, -0.15) is 0 Å². The van der Waals surface area contributed by atoms with Gasteiger partial charge in [0, 0.05) is 12.3 Å². The van der Waals surface area contributed by atoms with Crippen molar-refractivity contribution in [1.82, 2.24) is 0 Å². The molecule has 6 heteroatoms. The lowest BCUT2D eigenvalue weighted by molar-refractivity contribution is -0.128. The van der Waals surface area contributed by atoms with Crippen LogP contribution >= 0.6 is 0 Å². The maximum Gasteiger partial charge on any atom is 0.253 e. The Morgan fingerprint density at radius 2 is 2.23 bits per heavy atom. The molecule has 2 atom stereocenters. The summed E-state index contributed by atoms with van der Waals surface area (Å²) >= 11 is 0. The average Bonchev–Trinajstić information content (AvgIpc) is 3.34. The molecule has 1 N–H and O–H groups in total. The number of nitrogens with one attached hydrogen (secondary N) is 1. The number of carbonyl (C=O) groups excluding carboxylic acids is 1. The van der Waals surface area contributed by atoms with Crippen LogP contribution in [0.5, 0.6) is 0 Å². The van der Waals surface area contributed by atoms with Crippen molar-refractivity contribution in [1.29, 1.82) is 0 Å². The van der Waals surface area contributed by atoms with E-state index in [-0.39, 0.29) is 12.0 Å². The number of hydrogen-bond acceptors (Lipinski definition) is 5. The van der Waals surface area contributed by atoms with Gasteiger partial charge in [-0.25, -0.2) is 0 Å². The molecular weight excluding hydrogens is 334 g/mol. The summed E-state index contributed by atoms with van der Waals surface area (Å²) < 4.78 is 22.0. The molecule has 2 heterocycles. The molecule has 0 spiro atoms. The van der Waals surface area contributed by atoms with Crippen LogP contribution in [0.1, 0.15) is 31.1 Å². The molecule has 3 rings (SSSR count). The van der Waals surface area contributed by atoms with Gasteiger partial charge in [-0.15, -0.1) is 0 Å². The van der Waals surface area contributed by atoms with Crippen LogP contribution in [0.25, 0.3) is 0 Å². The first-order valence-electron chi connectivity index (χ1n) is 8.94. The van der Waals surface area contributed by atoms with Crippen LogP contribution in [0, 0.1) is 0 Å². The highest BCUT2D eigenvalue weighted by atomic mass is 16.5. The number of hydrogen-bond donors (Lipinski definition) is 1. The lowest BCUT2D eigenvalue weighted by Crippen LogP contribution is -2.30. The van der Waals surface area contributed by atoms with Crippen molar-refractivity contribution in [3.8, 4) is 0 Å². The summed E-state index contributed by atoms with van der Waals surface area (Å²) in [7, 11) is 0. The molecule has 6 nitrogen and oxygen atoms in total. The zero-order valence-electron chi connectivity index (χ0n) is 15.0. The summed E-state index contributed by atoms with van der Waals surface area (Å²) in [6.45, 7) is 3.84. The van der Waals surface area contributed by atoms with Crippen LogP contribution in [0.3, 0.4) is 0 Å². The Morgan fingerprint density at radius 1 is 1.31 bits per heavy atom. The van der Waals surface area contributed by atoms with E-state index in [1.54, 1.807) is 13.2 Å². The van der Waals surface area contributed by atoms with Gasteiger partial charge in [0.15, 0.2) is 0 Å². The fourth-order valence-electron chi connectivity index (χ4n) is 2.75. The van der Waals surface area contributed by atoms with E-state index < -0.39 is 6.10 Å². The van der Waals surface area contributed by atoms with Crippen LogP contribution in [0.15, 0.2) is 47.1 Å². The minimum Gasteiger partial charge on any atom is -0.467 e. The van der Waals surface area contributed by atoms with E-state index in [0.29, 0.717) is 19.8 Å². The maximum atomic E-state index is 12.3. The number of carbonyl (C=O) groups is 1. The molecule has 0 radical (unpaired) electrons. The minimum atomic E-state index is -0.530. The highest BCUT2D eigenvalue weighted by molar-refractivity contribution is 5.93. The third-order valence-electron chi connectivity index (χ3n) is 4.21. The van der Waals surface area contributed by atoms with Crippen LogP contribution in [-0.2, 0) is 32.2 Å². The smallest absolute Gasteiger partial charge is 0.253 e. The van der Waals surface area contributed by atoms with Crippen molar-refractivity contribution in [3.05, 3.63) is 54.0 Å². The SMILES string of the molecule is CC(OCC1CCCO1)C(=O)Nc1cccc(COCc2ccco2)c1. The Labute approximate surface area is 153 Å². The van der Waals surface area contributed by atoms with Gasteiger partial charge >= 0.3 is 0 Å². The van der Waals surface area contributed by atoms with Crippen molar-refractivity contribution in [3.63, 3.8) is 0 Å². The van der Waals surface area contributed by atoms with Gasteiger partial charge < -0.3 is 23.9 Å². The summed E-state index contributed by atoms with van der Waals surface area (Å²) in [4.78, 5) is 12.3. The number of ether oxygens (including phenoxy) is 3. The first-order valence-corrected chi connectivity index (χ1v) is 8.94. The lowest BCUT2D eigenvalue weighted by atomic mass is 10.2. The molecule has 2 unspecified atom stereocenters. The molecule has 26 heavy (non-hydrogen) atoms. The van der Waals surface area contributed by atoms with Gasteiger partial charge in [0.25, 0.3) is 5.91 Å². The molecule has 0 aliphatic carbocycles. The van der Waals surface area contributed by atoms with Gasteiger partial charge in [-0.05, 0) is 49.6 Å². The van der Waals surface area contributed by atoms with Crippen molar-refractivity contribution in [2.75, 3.05) is 18.5 Å². The van der Waals surface area contributed by atoms with Gasteiger partial charge in [-0.1, -0.05) is 12.1 Å². The Balaban J connectivity index is 1.43.